The molecule has 0 spiro atoms. The van der Waals surface area contributed by atoms with Gasteiger partial charge in [-0.05, 0) is 48.5 Å². The van der Waals surface area contributed by atoms with E-state index in [4.69, 9.17) is 71.0 Å². The summed E-state index contributed by atoms with van der Waals surface area (Å²) in [6.07, 6.45) is 0. The van der Waals surface area contributed by atoms with Gasteiger partial charge in [0.1, 0.15) is 42.2 Å². The van der Waals surface area contributed by atoms with E-state index in [1.165, 1.54) is 72.8 Å². The molecule has 11 aromatic rings. The number of amides is 4. The molecule has 8 bridgehead atoms. The molecule has 0 saturated carbocycles. The number of hydrogen-bond acceptors (Lipinski definition) is 18. The van der Waals surface area contributed by atoms with E-state index >= 15 is 0 Å². The summed E-state index contributed by atoms with van der Waals surface area (Å²) in [6, 6.07) is 52.9. The van der Waals surface area contributed by atoms with Gasteiger partial charge in [-0.15, -0.1) is 0 Å². The van der Waals surface area contributed by atoms with Crippen molar-refractivity contribution in [3.8, 4) is 45.6 Å². The van der Waals surface area contributed by atoms with Crippen LogP contribution in [0.1, 0.15) is 41.4 Å². The van der Waals surface area contributed by atoms with Crippen molar-refractivity contribution in [3.05, 3.63) is 216 Å². The predicted molar refractivity (Wildman–Crippen MR) is 335 cm³/mol. The molecule has 92 heavy (non-hydrogen) atoms. The Labute approximate surface area is 520 Å². The van der Waals surface area contributed by atoms with E-state index in [0.29, 0.717) is 45.9 Å². The van der Waals surface area contributed by atoms with Crippen LogP contribution in [-0.2, 0) is 40.5 Å². The normalized spacial score (nSPS) is 11.5. The van der Waals surface area contributed by atoms with Gasteiger partial charge in [0.05, 0.1) is 22.3 Å². The molecular formula is C60H46N12O16S4. The Bertz CT molecular complexity index is 4810. The van der Waals surface area contributed by atoms with Crippen molar-refractivity contribution < 1.29 is 71.1 Å². The molecule has 0 aliphatic carbocycles. The molecule has 0 unspecified atom stereocenters. The highest BCUT2D eigenvalue weighted by Gasteiger charge is 2.24. The van der Waals surface area contributed by atoms with Crippen LogP contribution in [0.2, 0.25) is 0 Å². The summed E-state index contributed by atoms with van der Waals surface area (Å²) in [7, 11) is -17.5. The van der Waals surface area contributed by atoms with Gasteiger partial charge in [0.2, 0.25) is 23.6 Å². The zero-order chi connectivity index (χ0) is 66.5. The minimum atomic E-state index is -4.38. The number of primary amides is 4. The highest BCUT2D eigenvalue weighted by Crippen LogP contribution is 2.37. The van der Waals surface area contributed by atoms with Crippen molar-refractivity contribution in [3.63, 3.8) is 0 Å². The molecule has 2 aliphatic rings. The van der Waals surface area contributed by atoms with Crippen LogP contribution >= 0.6 is 0 Å². The summed E-state index contributed by atoms with van der Waals surface area (Å²) < 4.78 is 120. The average Bonchev–Trinajstić information content (AvgIpc) is 1.60. The number of hydrogen-bond donors (Lipinski definition) is 10. The number of nitrogens with zero attached hydrogens (tertiary/aromatic N) is 6. The molecule has 5 heterocycles. The van der Waals surface area contributed by atoms with Crippen molar-refractivity contribution >= 4 is 108 Å². The Hall–Kier alpha value is -11.4. The van der Waals surface area contributed by atoms with Crippen LogP contribution in [0.25, 0.3) is 89.7 Å². The molecule has 14 N–H and O–H groups in total. The van der Waals surface area contributed by atoms with Gasteiger partial charge in [0.15, 0.2) is 23.3 Å². The monoisotopic (exact) mass is 1320 g/mol. The number of nitrogens with one attached hydrogen (secondary N) is 2. The molecule has 32 heteroatoms. The van der Waals surface area contributed by atoms with Crippen molar-refractivity contribution in [1.82, 2.24) is 39.9 Å². The smallest absolute Gasteiger partial charge is 0.295 e. The summed E-state index contributed by atoms with van der Waals surface area (Å²) >= 11 is 0. The maximum absolute atomic E-state index is 10.7. The molecule has 4 amide bonds. The van der Waals surface area contributed by atoms with E-state index < -0.39 is 83.7 Å². The Morgan fingerprint density at radius 1 is 0.272 bits per heavy atom. The summed E-state index contributed by atoms with van der Waals surface area (Å²) in [5.41, 5.74) is 25.2. The van der Waals surface area contributed by atoms with Gasteiger partial charge in [-0.1, -0.05) is 146 Å². The first-order valence-electron chi connectivity index (χ1n) is 26.2. The molecule has 0 fully saturated rings. The van der Waals surface area contributed by atoms with Crippen LogP contribution in [0, 0.1) is 0 Å². The standard InChI is InChI=1S/C32H18N8.4C7H7NO4S/c1-2-10-18-17(9-1)25-33-26(18)38-28-21-13-5-6-14-22(21)30(35-28)40-32-24-16-8-7-15-23(24)31(36-32)39-29-20-12-4-3-11-19(20)27(34-29)37-25;4*8-7(9)5-3-1-2-4-6(5)13(10,11)12/h1-16H,(H2,33,34,35,36,37,38,39,40);4*1-4H,(H2,8,9)(H,10,11,12). The lowest BCUT2D eigenvalue weighted by molar-refractivity contribution is 0.0988. The molecule has 0 radical (unpaired) electrons. The van der Waals surface area contributed by atoms with E-state index in [0.717, 1.165) is 68.1 Å². The molecule has 0 saturated heterocycles. The fourth-order valence-corrected chi connectivity index (χ4v) is 12.0. The number of fused-ring (bicyclic) bond motifs is 20. The second-order valence-electron chi connectivity index (χ2n) is 19.1. The quantitative estimate of drug-likeness (QED) is 0.0684. The molecule has 13 rings (SSSR count). The Morgan fingerprint density at radius 3 is 0.620 bits per heavy atom. The SMILES string of the molecule is NC(=O)c1ccccc1S(=O)(=O)O.NC(=O)c1ccccc1S(=O)(=O)O.NC(=O)c1ccccc1S(=O)(=O)O.NC(=O)c1ccccc1S(=O)(=O)O.c1ccc2c(c1)-c1nc-2nc2[nH]c(nc3nc(nc4[nH]c(n1)c1ccccc41)-c1ccccc1-3)c1ccccc21. The van der Waals surface area contributed by atoms with Crippen molar-refractivity contribution in [2.24, 2.45) is 22.9 Å². The molecule has 466 valence electrons. The fraction of sp³-hybridized carbons (Fsp3) is 0. The number of rotatable bonds is 8. The van der Waals surface area contributed by atoms with Crippen LogP contribution < -0.4 is 22.9 Å². The lowest BCUT2D eigenvalue weighted by Crippen LogP contribution is -2.15. The summed E-state index contributed by atoms with van der Waals surface area (Å²) in [5.74, 6) is -1.19. The van der Waals surface area contributed by atoms with Crippen molar-refractivity contribution in [1.29, 1.82) is 0 Å². The first-order valence-corrected chi connectivity index (χ1v) is 31.9. The number of aromatic amines is 2. The minimum absolute atomic E-state index is 0.218. The van der Waals surface area contributed by atoms with E-state index in [1.807, 2.05) is 97.1 Å². The third-order valence-electron chi connectivity index (χ3n) is 13.2. The Kier molecular flexibility index (Phi) is 18.7. The number of nitrogens with two attached hydrogens (primary N) is 4. The second-order valence-corrected chi connectivity index (χ2v) is 24.7. The first kappa shape index (κ1) is 65.1. The van der Waals surface area contributed by atoms with Gasteiger partial charge in [-0.2, -0.15) is 33.7 Å². The topological polar surface area (TPSA) is 499 Å². The second kappa shape index (κ2) is 26.4. The molecule has 2 aliphatic heterocycles. The van der Waals surface area contributed by atoms with Crippen molar-refractivity contribution in [2.75, 3.05) is 0 Å². The fourth-order valence-electron chi connectivity index (χ4n) is 9.17. The molecule has 8 aromatic carbocycles. The van der Waals surface area contributed by atoms with Gasteiger partial charge in [-0.25, -0.2) is 29.9 Å². The number of benzene rings is 8. The number of carbonyl (C=O) groups excluding carboxylic acids is 4. The van der Waals surface area contributed by atoms with Crippen LogP contribution in [0.15, 0.2) is 214 Å². The molecule has 3 aromatic heterocycles. The van der Waals surface area contributed by atoms with Gasteiger partial charge in [-0.3, -0.25) is 37.4 Å². The van der Waals surface area contributed by atoms with E-state index in [1.54, 1.807) is 0 Å². The Balaban J connectivity index is 0.000000158. The number of carbonyl (C=O) groups is 4. The molecular weight excluding hydrogens is 1270 g/mol. The molecule has 0 atom stereocenters. The minimum Gasteiger partial charge on any atom is -0.366 e. The maximum atomic E-state index is 10.7. The van der Waals surface area contributed by atoms with Gasteiger partial charge in [0.25, 0.3) is 40.5 Å². The van der Waals surface area contributed by atoms with E-state index in [2.05, 4.69) is 9.97 Å². The van der Waals surface area contributed by atoms with E-state index in [9.17, 15) is 52.8 Å². The van der Waals surface area contributed by atoms with Gasteiger partial charge < -0.3 is 32.9 Å². The predicted octanol–water partition coefficient (Wildman–Crippen LogP) is 7.00. The Morgan fingerprint density at radius 2 is 0.446 bits per heavy atom. The zero-order valence-electron chi connectivity index (χ0n) is 46.8. The largest absolute Gasteiger partial charge is 0.366 e. The van der Waals surface area contributed by atoms with Crippen LogP contribution in [0.3, 0.4) is 0 Å². The van der Waals surface area contributed by atoms with Gasteiger partial charge >= 0.3 is 0 Å². The van der Waals surface area contributed by atoms with Crippen LogP contribution in [0.5, 0.6) is 0 Å². The number of aromatic nitrogens is 8. The highest BCUT2D eigenvalue weighted by atomic mass is 32.2. The van der Waals surface area contributed by atoms with E-state index in [-0.39, 0.29) is 22.3 Å². The third kappa shape index (κ3) is 14.5. The van der Waals surface area contributed by atoms with Crippen LogP contribution in [-0.4, -0.2) is 115 Å². The van der Waals surface area contributed by atoms with Crippen molar-refractivity contribution in [2.45, 2.75) is 19.6 Å². The zero-order valence-corrected chi connectivity index (χ0v) is 50.1. The lowest BCUT2D eigenvalue weighted by Gasteiger charge is -2.01. The summed E-state index contributed by atoms with van der Waals surface area (Å²) in [4.78, 5) is 77.7. The third-order valence-corrected chi connectivity index (χ3v) is 16.8. The maximum Gasteiger partial charge on any atom is 0.295 e. The summed E-state index contributed by atoms with van der Waals surface area (Å²) in [6.45, 7) is 0. The lowest BCUT2D eigenvalue weighted by atomic mass is 10.1. The highest BCUT2D eigenvalue weighted by molar-refractivity contribution is 7.86. The summed E-state index contributed by atoms with van der Waals surface area (Å²) in [5, 5.41) is 3.82. The molecule has 28 nitrogen and oxygen atoms in total. The average molecular weight is 1320 g/mol. The van der Waals surface area contributed by atoms with Crippen LogP contribution in [0.4, 0.5) is 0 Å². The van der Waals surface area contributed by atoms with Gasteiger partial charge in [0, 0.05) is 43.8 Å². The number of H-pyrrole nitrogens is 2. The first-order chi connectivity index (χ1) is 43.5.